The van der Waals surface area contributed by atoms with Crippen molar-refractivity contribution in [1.29, 1.82) is 0 Å². The van der Waals surface area contributed by atoms with E-state index in [1.165, 1.54) is 71.6 Å². The fourth-order valence-electron chi connectivity index (χ4n) is 4.53. The van der Waals surface area contributed by atoms with E-state index >= 15 is 0 Å². The zero-order chi connectivity index (χ0) is 20.1. The van der Waals surface area contributed by atoms with Crippen molar-refractivity contribution in [2.24, 2.45) is 0 Å². The summed E-state index contributed by atoms with van der Waals surface area (Å²) in [6.45, 7) is 8.00. The van der Waals surface area contributed by atoms with Crippen molar-refractivity contribution in [3.63, 3.8) is 0 Å². The summed E-state index contributed by atoms with van der Waals surface area (Å²) in [7, 11) is -1.42. The van der Waals surface area contributed by atoms with Crippen LogP contribution in [0.4, 0.5) is 0 Å². The number of hydrogen-bond acceptors (Lipinski definition) is 3. The second-order valence-electron chi connectivity index (χ2n) is 7.03. The lowest BCUT2D eigenvalue weighted by Gasteiger charge is -2.20. The molecule has 0 amide bonds. The van der Waals surface area contributed by atoms with Crippen molar-refractivity contribution in [3.8, 4) is 0 Å². The minimum Gasteiger partial charge on any atom is -0.408 e. The van der Waals surface area contributed by atoms with Crippen LogP contribution in [0.1, 0.15) is 75.6 Å². The summed E-state index contributed by atoms with van der Waals surface area (Å²) < 4.78 is 12.0. The quantitative estimate of drug-likeness (QED) is 0.419. The highest BCUT2D eigenvalue weighted by Crippen LogP contribution is 2.40. The van der Waals surface area contributed by atoms with E-state index in [4.69, 9.17) is 13.9 Å². The molecule has 0 unspecified atom stereocenters. The third-order valence-electron chi connectivity index (χ3n) is 5.62. The number of hydrogen-bond donors (Lipinski definition) is 1. The predicted octanol–water partition coefficient (Wildman–Crippen LogP) is 7.81. The van der Waals surface area contributed by atoms with Gasteiger partial charge in [-0.15, -0.1) is 0 Å². The molecule has 1 aromatic heterocycles. The molecule has 2 aliphatic rings. The van der Waals surface area contributed by atoms with E-state index in [9.17, 15) is 0 Å². The molecular weight excluding hydrogens is 365 g/mol. The molecule has 0 bridgehead atoms. The molecule has 4 heteroatoms. The lowest BCUT2D eigenvalue weighted by molar-refractivity contribution is 0.644. The van der Waals surface area contributed by atoms with Gasteiger partial charge in [-0.1, -0.05) is 39.8 Å². The van der Waals surface area contributed by atoms with E-state index < -0.39 is 8.16 Å². The van der Waals surface area contributed by atoms with Gasteiger partial charge in [0.25, 0.3) is 0 Å². The minimum absolute atomic E-state index is 0.919. The number of aryl methyl sites for hydroxylation is 4. The van der Waals surface area contributed by atoms with Crippen molar-refractivity contribution < 1.29 is 8.39 Å². The third-order valence-corrected chi connectivity index (χ3v) is 6.37. The molecule has 28 heavy (non-hydrogen) atoms. The molecule has 2 aliphatic carbocycles. The van der Waals surface area contributed by atoms with E-state index in [0.29, 0.717) is 0 Å². The molecule has 1 heterocycles. The van der Waals surface area contributed by atoms with Crippen molar-refractivity contribution in [2.75, 3.05) is 5.50 Å². The number of fused-ring (bicyclic) bond motifs is 7. The van der Waals surface area contributed by atoms with Crippen molar-refractivity contribution in [2.45, 2.75) is 79.1 Å². The van der Waals surface area contributed by atoms with Gasteiger partial charge >= 0.3 is 8.16 Å². The van der Waals surface area contributed by atoms with Crippen LogP contribution in [-0.4, -0.2) is 0 Å². The van der Waals surface area contributed by atoms with Crippen LogP contribution in [0.5, 0.6) is 0 Å². The van der Waals surface area contributed by atoms with Gasteiger partial charge in [-0.25, -0.2) is 5.50 Å². The summed E-state index contributed by atoms with van der Waals surface area (Å²) in [5.41, 5.74) is 13.9. The lowest BCUT2D eigenvalue weighted by Crippen LogP contribution is -2.05. The fourth-order valence-corrected chi connectivity index (χ4v) is 5.26. The van der Waals surface area contributed by atoms with E-state index in [1.807, 2.05) is 27.7 Å². The molecule has 0 atom stereocenters. The van der Waals surface area contributed by atoms with Gasteiger partial charge in [0.1, 0.15) is 11.2 Å². The van der Waals surface area contributed by atoms with Crippen molar-refractivity contribution >= 4 is 30.1 Å². The molecule has 0 saturated heterocycles. The molecule has 0 radical (unpaired) electrons. The van der Waals surface area contributed by atoms with Gasteiger partial charge < -0.3 is 8.39 Å². The minimum atomic E-state index is -1.42. The zero-order valence-corrected chi connectivity index (χ0v) is 18.7. The molecule has 5 rings (SSSR count). The second kappa shape index (κ2) is 9.67. The Kier molecular flexibility index (Phi) is 7.26. The Morgan fingerprint density at radius 2 is 1.04 bits per heavy atom. The van der Waals surface area contributed by atoms with Crippen molar-refractivity contribution in [3.05, 3.63) is 46.5 Å². The number of benzene rings is 2. The second-order valence-corrected chi connectivity index (χ2v) is 7.97. The molecule has 0 fully saturated rings. The highest BCUT2D eigenvalue weighted by molar-refractivity contribution is 7.36. The summed E-state index contributed by atoms with van der Waals surface area (Å²) in [4.78, 5) is 0. The van der Waals surface area contributed by atoms with Crippen molar-refractivity contribution in [1.82, 2.24) is 0 Å². The first-order valence-corrected chi connectivity index (χ1v) is 12.3. The van der Waals surface area contributed by atoms with Gasteiger partial charge in [0.05, 0.1) is 0 Å². The zero-order valence-electron chi connectivity index (χ0n) is 17.8. The van der Waals surface area contributed by atoms with E-state index in [-0.39, 0.29) is 0 Å². The van der Waals surface area contributed by atoms with Crippen LogP contribution in [0.15, 0.2) is 32.7 Å². The molecule has 3 aromatic rings. The van der Waals surface area contributed by atoms with Gasteiger partial charge in [0.15, 0.2) is 0 Å². The Morgan fingerprint density at radius 1 is 0.643 bits per heavy atom. The van der Waals surface area contributed by atoms with Crippen LogP contribution in [0, 0.1) is 0 Å². The Balaban J connectivity index is 0.000000531. The van der Waals surface area contributed by atoms with E-state index in [0.717, 1.165) is 24.0 Å². The Morgan fingerprint density at radius 3 is 1.46 bits per heavy atom. The van der Waals surface area contributed by atoms with Crippen LogP contribution in [-0.2, 0) is 25.7 Å². The van der Waals surface area contributed by atoms with Gasteiger partial charge in [0.2, 0.25) is 0 Å². The predicted molar refractivity (Wildman–Crippen MR) is 122 cm³/mol. The standard InChI is InChI=1S/C20H22NO2P.2C2H6/c21-24-22-17-11-9-13-5-1-3-7-15(13)19(17)20-16-8-4-2-6-14(16)10-12-18(20)23-24;2*1-2/h9-12H,1-8,21H2;2*1-2H3. The first-order chi connectivity index (χ1) is 13.8. The SMILES string of the molecule is CC.CC.Np1oc2ccc3c(c2c2c4c(ccc2o1)CCCC4)CCCC3. The monoisotopic (exact) mass is 399 g/mol. The number of nitrogen functional groups attached to an aromatic ring is 1. The van der Waals surface area contributed by atoms with E-state index in [1.54, 1.807) is 0 Å². The average Bonchev–Trinajstić information content (AvgIpc) is 2.92. The van der Waals surface area contributed by atoms with Gasteiger partial charge in [-0.2, -0.15) is 0 Å². The first kappa shape index (κ1) is 21.0. The maximum Gasteiger partial charge on any atom is 0.303 e. The van der Waals surface area contributed by atoms with Crippen LogP contribution in [0.2, 0.25) is 0 Å². The number of rotatable bonds is 0. The highest BCUT2D eigenvalue weighted by atomic mass is 31.1. The van der Waals surface area contributed by atoms with Crippen LogP contribution >= 0.6 is 8.16 Å². The maximum absolute atomic E-state index is 6.14. The average molecular weight is 400 g/mol. The lowest BCUT2D eigenvalue weighted by atomic mass is 9.84. The summed E-state index contributed by atoms with van der Waals surface area (Å²) in [6.07, 6.45) is 9.69. The molecule has 2 aromatic carbocycles. The topological polar surface area (TPSA) is 52.3 Å². The molecule has 2 N–H and O–H groups in total. The summed E-state index contributed by atoms with van der Waals surface area (Å²) >= 11 is 0. The Labute approximate surface area is 169 Å². The van der Waals surface area contributed by atoms with Gasteiger partial charge in [-0.05, 0) is 85.8 Å². The molecule has 152 valence electrons. The van der Waals surface area contributed by atoms with Gasteiger partial charge in [-0.3, -0.25) is 0 Å². The fraction of sp³-hybridized carbons (Fsp3) is 0.500. The summed E-state index contributed by atoms with van der Waals surface area (Å²) in [6, 6.07) is 8.69. The van der Waals surface area contributed by atoms with E-state index in [2.05, 4.69) is 24.3 Å². The molecule has 0 saturated carbocycles. The molecular formula is C24H34NO2P. The van der Waals surface area contributed by atoms with Crippen LogP contribution in [0.25, 0.3) is 21.9 Å². The third kappa shape index (κ3) is 3.88. The molecule has 0 aliphatic heterocycles. The van der Waals surface area contributed by atoms with Crippen LogP contribution in [0.3, 0.4) is 0 Å². The first-order valence-electron chi connectivity index (χ1n) is 11.0. The molecule has 3 nitrogen and oxygen atoms in total. The summed E-state index contributed by atoms with van der Waals surface area (Å²) in [5, 5.41) is 2.55. The summed E-state index contributed by atoms with van der Waals surface area (Å²) in [5.74, 6) is 0. The Hall–Kier alpha value is -1.70. The highest BCUT2D eigenvalue weighted by Gasteiger charge is 2.20. The largest absolute Gasteiger partial charge is 0.408 e. The van der Waals surface area contributed by atoms with Gasteiger partial charge in [0, 0.05) is 10.8 Å². The maximum atomic E-state index is 6.14. The molecule has 0 spiro atoms. The Bertz CT molecular complexity index is 913. The van der Waals surface area contributed by atoms with Crippen LogP contribution < -0.4 is 5.50 Å². The normalized spacial score (nSPS) is 14.9. The smallest absolute Gasteiger partial charge is 0.303 e. The number of nitrogens with two attached hydrogens (primary N) is 1.